The zero-order valence-electron chi connectivity index (χ0n) is 23.9. The lowest BCUT2D eigenvalue weighted by Gasteiger charge is -2.35. The number of rotatable bonds is 14. The van der Waals surface area contributed by atoms with Crippen LogP contribution in [0.2, 0.25) is 0 Å². The van der Waals surface area contributed by atoms with Crippen LogP contribution in [-0.4, -0.2) is 38.9 Å². The van der Waals surface area contributed by atoms with Gasteiger partial charge in [0, 0.05) is 31.5 Å². The third kappa shape index (κ3) is 7.93. The molecule has 1 heterocycles. The van der Waals surface area contributed by atoms with E-state index in [1.165, 1.54) is 24.8 Å². The van der Waals surface area contributed by atoms with Crippen molar-refractivity contribution < 1.29 is 9.59 Å². The summed E-state index contributed by atoms with van der Waals surface area (Å²) in [4.78, 5) is 33.2. The second-order valence-electron chi connectivity index (χ2n) is 11.0. The highest BCUT2D eigenvalue weighted by molar-refractivity contribution is 5.81. The van der Waals surface area contributed by atoms with Crippen molar-refractivity contribution in [1.82, 2.24) is 19.8 Å². The molecule has 1 fully saturated rings. The molecule has 6 heteroatoms. The van der Waals surface area contributed by atoms with Gasteiger partial charge in [-0.25, -0.2) is 4.98 Å². The van der Waals surface area contributed by atoms with Crippen molar-refractivity contribution in [3.8, 4) is 0 Å². The van der Waals surface area contributed by atoms with Crippen molar-refractivity contribution in [3.63, 3.8) is 0 Å². The molecule has 4 rings (SSSR count). The van der Waals surface area contributed by atoms with E-state index < -0.39 is 0 Å². The summed E-state index contributed by atoms with van der Waals surface area (Å²) in [6.45, 7) is 5.85. The molecule has 2 amide bonds. The Morgan fingerprint density at radius 2 is 1.67 bits per heavy atom. The van der Waals surface area contributed by atoms with Gasteiger partial charge < -0.3 is 14.8 Å². The summed E-state index contributed by atoms with van der Waals surface area (Å²) in [6, 6.07) is 18.8. The molecule has 1 aliphatic rings. The van der Waals surface area contributed by atoms with Gasteiger partial charge in [-0.05, 0) is 56.2 Å². The number of aromatic nitrogens is 2. The van der Waals surface area contributed by atoms with E-state index in [1.54, 1.807) is 0 Å². The first-order valence-electron chi connectivity index (χ1n) is 15.2. The number of hydrogen-bond acceptors (Lipinski definition) is 3. The van der Waals surface area contributed by atoms with Crippen LogP contribution in [0.3, 0.4) is 0 Å². The van der Waals surface area contributed by atoms with Crippen molar-refractivity contribution in [3.05, 3.63) is 66.0 Å². The van der Waals surface area contributed by atoms with Crippen LogP contribution >= 0.6 is 0 Å². The van der Waals surface area contributed by atoms with E-state index in [1.807, 2.05) is 24.3 Å². The number of carbonyl (C=O) groups excluding carboxylic acids is 2. The molecule has 0 radical (unpaired) electrons. The Balaban J connectivity index is 1.41. The topological polar surface area (TPSA) is 67.2 Å². The molecular weight excluding hydrogens is 484 g/mol. The Hall–Kier alpha value is -3.15. The van der Waals surface area contributed by atoms with Crippen molar-refractivity contribution in [2.75, 3.05) is 6.54 Å². The summed E-state index contributed by atoms with van der Waals surface area (Å²) in [5.74, 6) is 1.46. The largest absolute Gasteiger partial charge is 0.356 e. The minimum absolute atomic E-state index is 0.123. The van der Waals surface area contributed by atoms with E-state index in [9.17, 15) is 9.59 Å². The number of aryl methyl sites for hydroxylation is 1. The maximum absolute atomic E-state index is 13.9. The summed E-state index contributed by atoms with van der Waals surface area (Å²) in [5.41, 5.74) is 3.16. The van der Waals surface area contributed by atoms with Gasteiger partial charge in [0.1, 0.15) is 12.4 Å². The van der Waals surface area contributed by atoms with E-state index in [2.05, 4.69) is 59.0 Å². The van der Waals surface area contributed by atoms with E-state index in [0.29, 0.717) is 19.1 Å². The average molecular weight is 531 g/mol. The first-order valence-corrected chi connectivity index (χ1v) is 15.2. The molecule has 1 aliphatic carbocycles. The van der Waals surface area contributed by atoms with Gasteiger partial charge in [0.15, 0.2) is 0 Å². The van der Waals surface area contributed by atoms with Crippen LogP contribution in [0, 0.1) is 5.92 Å². The predicted molar refractivity (Wildman–Crippen MR) is 158 cm³/mol. The molecule has 0 spiro atoms. The molecule has 6 nitrogen and oxygen atoms in total. The number of amides is 2. The Bertz CT molecular complexity index is 1180. The van der Waals surface area contributed by atoms with E-state index in [-0.39, 0.29) is 17.7 Å². The molecule has 0 bridgehead atoms. The highest BCUT2D eigenvalue weighted by atomic mass is 16.2. The number of para-hydroxylation sites is 2. The molecular formula is C33H46N4O2. The zero-order valence-corrected chi connectivity index (χ0v) is 23.9. The summed E-state index contributed by atoms with van der Waals surface area (Å²) in [5, 5.41) is 3.10. The minimum Gasteiger partial charge on any atom is -0.356 e. The number of imidazole rings is 1. The Morgan fingerprint density at radius 3 is 2.41 bits per heavy atom. The lowest BCUT2D eigenvalue weighted by molar-refractivity contribution is -0.135. The third-order valence-electron chi connectivity index (χ3n) is 8.29. The van der Waals surface area contributed by atoms with E-state index in [4.69, 9.17) is 4.98 Å². The van der Waals surface area contributed by atoms with Gasteiger partial charge >= 0.3 is 0 Å². The summed E-state index contributed by atoms with van der Waals surface area (Å²) >= 11 is 0. The number of carbonyl (C=O) groups is 2. The fourth-order valence-electron chi connectivity index (χ4n) is 5.91. The number of hydrogen-bond donors (Lipinski definition) is 1. The van der Waals surface area contributed by atoms with Crippen LogP contribution in [0.5, 0.6) is 0 Å². The third-order valence-corrected chi connectivity index (χ3v) is 8.29. The number of unbranched alkanes of at least 4 members (excludes halogenated alkanes) is 2. The quantitative estimate of drug-likeness (QED) is 0.237. The molecule has 2 aromatic carbocycles. The maximum atomic E-state index is 13.9. The van der Waals surface area contributed by atoms with Crippen LogP contribution in [0.15, 0.2) is 54.6 Å². The predicted octanol–water partition coefficient (Wildman–Crippen LogP) is 6.66. The average Bonchev–Trinajstić information content (AvgIpc) is 3.32. The van der Waals surface area contributed by atoms with Gasteiger partial charge in [-0.15, -0.1) is 0 Å². The Labute approximate surface area is 234 Å². The number of nitrogens with zero attached hydrogens (tertiary/aromatic N) is 3. The number of fused-ring (bicyclic) bond motifs is 1. The van der Waals surface area contributed by atoms with Gasteiger partial charge in [0.2, 0.25) is 11.8 Å². The number of nitrogens with one attached hydrogen (secondary N) is 1. The number of benzene rings is 2. The monoisotopic (exact) mass is 530 g/mol. The molecule has 1 N–H and O–H groups in total. The van der Waals surface area contributed by atoms with Crippen LogP contribution in [0.4, 0.5) is 0 Å². The normalized spacial score (nSPS) is 14.1. The van der Waals surface area contributed by atoms with Crippen LogP contribution in [0.25, 0.3) is 11.0 Å². The van der Waals surface area contributed by atoms with Gasteiger partial charge in [-0.1, -0.05) is 82.0 Å². The van der Waals surface area contributed by atoms with Crippen LogP contribution < -0.4 is 5.32 Å². The fraction of sp³-hybridized carbons (Fsp3) is 0.545. The van der Waals surface area contributed by atoms with Crippen LogP contribution in [0.1, 0.15) is 89.4 Å². The molecule has 210 valence electrons. The van der Waals surface area contributed by atoms with E-state index >= 15 is 0 Å². The van der Waals surface area contributed by atoms with Crippen molar-refractivity contribution >= 4 is 22.8 Å². The highest BCUT2D eigenvalue weighted by Gasteiger charge is 2.27. The molecule has 3 aromatic rings. The lowest BCUT2D eigenvalue weighted by Crippen LogP contribution is -2.42. The van der Waals surface area contributed by atoms with Crippen LogP contribution in [-0.2, 0) is 29.1 Å². The Kier molecular flexibility index (Phi) is 11.0. The first kappa shape index (κ1) is 28.8. The van der Waals surface area contributed by atoms with Crippen molar-refractivity contribution in [1.29, 1.82) is 0 Å². The Morgan fingerprint density at radius 1 is 0.949 bits per heavy atom. The van der Waals surface area contributed by atoms with Gasteiger partial charge in [-0.2, -0.15) is 0 Å². The minimum atomic E-state index is 0.123. The molecule has 39 heavy (non-hydrogen) atoms. The molecule has 1 saturated carbocycles. The standard InChI is InChI=1S/C33H46N4O2/c1-3-27(4-2)33(39)34-23-15-7-12-22-31-35-29-20-13-14-21-30(29)37(31)25-32(38)36(28-18-10-6-11-19-28)24-26-16-8-5-9-17-26/h5,8-9,13-14,16-17,20-21,27-28H,3-4,6-7,10-12,15,18-19,22-25H2,1-2H3,(H,34,39). The SMILES string of the molecule is CCC(CC)C(=O)NCCCCCc1nc2ccccc2n1CC(=O)N(Cc1ccccc1)C1CCCCC1. The lowest BCUT2D eigenvalue weighted by atomic mass is 9.93. The maximum Gasteiger partial charge on any atom is 0.243 e. The first-order chi connectivity index (χ1) is 19.1. The summed E-state index contributed by atoms with van der Waals surface area (Å²) < 4.78 is 2.15. The van der Waals surface area contributed by atoms with Crippen molar-refractivity contribution in [2.24, 2.45) is 5.92 Å². The molecule has 0 aliphatic heterocycles. The fourth-order valence-corrected chi connectivity index (χ4v) is 5.91. The van der Waals surface area contributed by atoms with Gasteiger partial charge in [0.25, 0.3) is 0 Å². The second-order valence-corrected chi connectivity index (χ2v) is 11.0. The van der Waals surface area contributed by atoms with Gasteiger partial charge in [-0.3, -0.25) is 9.59 Å². The second kappa shape index (κ2) is 14.9. The molecule has 0 atom stereocenters. The summed E-state index contributed by atoms with van der Waals surface area (Å²) in [6.07, 6.45) is 11.4. The van der Waals surface area contributed by atoms with Gasteiger partial charge in [0.05, 0.1) is 11.0 Å². The zero-order chi connectivity index (χ0) is 27.5. The van der Waals surface area contributed by atoms with E-state index in [0.717, 1.165) is 74.8 Å². The smallest absolute Gasteiger partial charge is 0.243 e. The molecule has 0 saturated heterocycles. The molecule has 0 unspecified atom stereocenters. The molecule has 1 aromatic heterocycles. The van der Waals surface area contributed by atoms with Crippen molar-refractivity contribution in [2.45, 2.75) is 104 Å². The highest BCUT2D eigenvalue weighted by Crippen LogP contribution is 2.26. The summed E-state index contributed by atoms with van der Waals surface area (Å²) in [7, 11) is 0.